The van der Waals surface area contributed by atoms with Crippen LogP contribution in [0.3, 0.4) is 0 Å². The van der Waals surface area contributed by atoms with Gasteiger partial charge in [0.1, 0.15) is 5.69 Å². The Morgan fingerprint density at radius 2 is 1.54 bits per heavy atom. The normalized spacial score (nSPS) is 27.4. The van der Waals surface area contributed by atoms with Crippen molar-refractivity contribution >= 4 is 5.69 Å². The lowest BCUT2D eigenvalue weighted by Gasteiger charge is -2.34. The average molecular weight is 386 g/mol. The van der Waals surface area contributed by atoms with Crippen molar-refractivity contribution in [2.45, 2.75) is 124 Å². The first-order chi connectivity index (χ1) is 13.1. The molecule has 0 saturated carbocycles. The molecule has 158 valence electrons. The van der Waals surface area contributed by atoms with Gasteiger partial charge in [0, 0.05) is 0 Å². The highest BCUT2D eigenvalue weighted by atomic mass is 16.3. The van der Waals surface area contributed by atoms with Crippen molar-refractivity contribution in [2.75, 3.05) is 0 Å². The summed E-state index contributed by atoms with van der Waals surface area (Å²) in [4.78, 5) is 12.1. The van der Waals surface area contributed by atoms with Crippen molar-refractivity contribution in [3.8, 4) is 0 Å². The Kier molecular flexibility index (Phi) is 7.50. The summed E-state index contributed by atoms with van der Waals surface area (Å²) in [5.74, 6) is 0. The first kappa shape index (κ1) is 23.1. The molecule has 0 amide bonds. The molecule has 0 N–H and O–H groups in total. The summed E-state index contributed by atoms with van der Waals surface area (Å²) in [5.41, 5.74) is 4.80. The quantitative estimate of drug-likeness (QED) is 0.478. The smallest absolute Gasteiger partial charge is 0.114 e. The van der Waals surface area contributed by atoms with Gasteiger partial charge in [-0.2, -0.15) is 0 Å². The molecule has 0 radical (unpaired) electrons. The second kappa shape index (κ2) is 9.09. The number of nitroso groups, excluding NO2 is 1. The molecule has 0 fully saturated rings. The average Bonchev–Trinajstić information content (AvgIpc) is 2.65. The van der Waals surface area contributed by atoms with Gasteiger partial charge in [0.25, 0.3) is 0 Å². The first-order valence-electron chi connectivity index (χ1n) is 11.6. The molecule has 1 aliphatic rings. The van der Waals surface area contributed by atoms with Crippen LogP contribution in [0.15, 0.2) is 17.3 Å². The van der Waals surface area contributed by atoms with Crippen LogP contribution >= 0.6 is 0 Å². The Morgan fingerprint density at radius 3 is 2.07 bits per heavy atom. The minimum atomic E-state index is 0.0237. The van der Waals surface area contributed by atoms with Gasteiger partial charge in [-0.1, -0.05) is 99.1 Å². The zero-order valence-corrected chi connectivity index (χ0v) is 19.6. The summed E-state index contributed by atoms with van der Waals surface area (Å²) in [5, 5.41) is 3.66. The van der Waals surface area contributed by atoms with Gasteiger partial charge in [-0.25, -0.2) is 0 Å². The molecule has 2 heteroatoms. The molecule has 0 aromatic heterocycles. The number of nitrogens with zero attached hydrogens (tertiary/aromatic N) is 1. The van der Waals surface area contributed by atoms with Crippen LogP contribution in [0.2, 0.25) is 0 Å². The molecule has 2 atom stereocenters. The van der Waals surface area contributed by atoms with Crippen LogP contribution in [-0.4, -0.2) is 0 Å². The van der Waals surface area contributed by atoms with Gasteiger partial charge >= 0.3 is 0 Å². The third kappa shape index (κ3) is 5.24. The van der Waals surface area contributed by atoms with E-state index in [0.717, 1.165) is 31.4 Å². The number of hydrogen-bond acceptors (Lipinski definition) is 2. The molecule has 2 unspecified atom stereocenters. The molecule has 1 aliphatic carbocycles. The summed E-state index contributed by atoms with van der Waals surface area (Å²) in [6.07, 6.45) is 12.0. The zero-order chi connectivity index (χ0) is 21.0. The fourth-order valence-electron chi connectivity index (χ4n) is 4.78. The van der Waals surface area contributed by atoms with Gasteiger partial charge in [-0.15, -0.1) is 4.91 Å². The van der Waals surface area contributed by atoms with Crippen molar-refractivity contribution in [3.63, 3.8) is 0 Å². The maximum atomic E-state index is 12.1. The minimum absolute atomic E-state index is 0.0237. The lowest BCUT2D eigenvalue weighted by atomic mass is 9.70. The summed E-state index contributed by atoms with van der Waals surface area (Å²) >= 11 is 0. The molecule has 2 nitrogen and oxygen atoms in total. The number of fused-ring (bicyclic) bond motifs is 2. The van der Waals surface area contributed by atoms with Gasteiger partial charge in [-0.3, -0.25) is 0 Å². The van der Waals surface area contributed by atoms with Crippen LogP contribution in [0.1, 0.15) is 123 Å². The minimum Gasteiger partial charge on any atom is -0.145 e. The van der Waals surface area contributed by atoms with Gasteiger partial charge < -0.3 is 0 Å². The largest absolute Gasteiger partial charge is 0.145 e. The van der Waals surface area contributed by atoms with E-state index >= 15 is 0 Å². The van der Waals surface area contributed by atoms with Crippen LogP contribution in [0.25, 0.3) is 0 Å². The third-order valence-corrected chi connectivity index (χ3v) is 7.56. The molecular weight excluding hydrogens is 342 g/mol. The van der Waals surface area contributed by atoms with Crippen LogP contribution in [0, 0.1) is 10.3 Å². The summed E-state index contributed by atoms with van der Waals surface area (Å²) in [7, 11) is 0. The molecule has 28 heavy (non-hydrogen) atoms. The lowest BCUT2D eigenvalue weighted by Crippen LogP contribution is -2.25. The SMILES string of the molecule is CCC1(C)CCCCCCCC(C)(CC)c2cc(C(C)(C)C)cc(c2N=O)C1. The van der Waals surface area contributed by atoms with E-state index in [4.69, 9.17) is 0 Å². The van der Waals surface area contributed by atoms with E-state index in [1.165, 1.54) is 55.2 Å². The highest BCUT2D eigenvalue weighted by Gasteiger charge is 2.33. The Balaban J connectivity index is 2.72. The van der Waals surface area contributed by atoms with E-state index in [0.29, 0.717) is 0 Å². The topological polar surface area (TPSA) is 29.4 Å². The number of hydrogen-bond donors (Lipinski definition) is 0. The summed E-state index contributed by atoms with van der Waals surface area (Å²) in [6, 6.07) is 4.61. The second-order valence-corrected chi connectivity index (χ2v) is 10.9. The highest BCUT2D eigenvalue weighted by molar-refractivity contribution is 5.59. The molecule has 2 rings (SSSR count). The highest BCUT2D eigenvalue weighted by Crippen LogP contribution is 2.45. The van der Waals surface area contributed by atoms with Gasteiger partial charge in [0.2, 0.25) is 0 Å². The number of rotatable bonds is 3. The fourth-order valence-corrected chi connectivity index (χ4v) is 4.78. The Hall–Kier alpha value is -1.18. The Labute approximate surface area is 173 Å². The summed E-state index contributed by atoms with van der Waals surface area (Å²) < 4.78 is 0. The molecule has 0 spiro atoms. The first-order valence-corrected chi connectivity index (χ1v) is 11.6. The van der Waals surface area contributed by atoms with Gasteiger partial charge in [-0.05, 0) is 63.8 Å². The summed E-state index contributed by atoms with van der Waals surface area (Å²) in [6.45, 7) is 16.2. The molecule has 2 bridgehead atoms. The molecule has 1 aromatic rings. The van der Waals surface area contributed by atoms with Crippen LogP contribution in [-0.2, 0) is 17.3 Å². The molecule has 0 saturated heterocycles. The predicted octanol–water partition coefficient (Wildman–Crippen LogP) is 8.75. The van der Waals surface area contributed by atoms with Crippen molar-refractivity contribution in [2.24, 2.45) is 10.6 Å². The third-order valence-electron chi connectivity index (χ3n) is 7.56. The second-order valence-electron chi connectivity index (χ2n) is 10.9. The molecular formula is C26H43NO. The van der Waals surface area contributed by atoms with Gasteiger partial charge in [0.05, 0.1) is 0 Å². The predicted molar refractivity (Wildman–Crippen MR) is 123 cm³/mol. The van der Waals surface area contributed by atoms with Crippen LogP contribution in [0.5, 0.6) is 0 Å². The maximum absolute atomic E-state index is 12.1. The monoisotopic (exact) mass is 385 g/mol. The van der Waals surface area contributed by atoms with Crippen molar-refractivity contribution < 1.29 is 0 Å². The molecule has 0 aliphatic heterocycles. The van der Waals surface area contributed by atoms with Crippen molar-refractivity contribution in [1.82, 2.24) is 0 Å². The van der Waals surface area contributed by atoms with Crippen molar-refractivity contribution in [3.05, 3.63) is 33.7 Å². The lowest BCUT2D eigenvalue weighted by molar-refractivity contribution is 0.270. The number of benzene rings is 1. The zero-order valence-electron chi connectivity index (χ0n) is 19.6. The van der Waals surface area contributed by atoms with E-state index in [1.807, 2.05) is 0 Å². The van der Waals surface area contributed by atoms with Crippen LogP contribution < -0.4 is 0 Å². The van der Waals surface area contributed by atoms with E-state index in [2.05, 4.69) is 65.8 Å². The van der Waals surface area contributed by atoms with Crippen molar-refractivity contribution in [1.29, 1.82) is 0 Å². The standard InChI is InChI=1S/C26H43NO/c1-8-25(6)15-13-11-10-12-14-16-26(7,9-2)22-18-21(24(3,4)5)17-20(19-25)23(22)27-28/h17-18H,8-16,19H2,1-7H3. The van der Waals surface area contributed by atoms with Crippen LogP contribution in [0.4, 0.5) is 5.69 Å². The molecule has 1 aromatic carbocycles. The van der Waals surface area contributed by atoms with E-state index in [-0.39, 0.29) is 16.2 Å². The van der Waals surface area contributed by atoms with E-state index < -0.39 is 0 Å². The van der Waals surface area contributed by atoms with Gasteiger partial charge in [0.15, 0.2) is 0 Å². The Morgan fingerprint density at radius 1 is 0.929 bits per heavy atom. The fraction of sp³-hybridized carbons (Fsp3) is 0.769. The maximum Gasteiger partial charge on any atom is 0.114 e. The molecule has 0 heterocycles. The van der Waals surface area contributed by atoms with E-state index in [1.54, 1.807) is 0 Å². The Bertz CT molecular complexity index is 672. The van der Waals surface area contributed by atoms with E-state index in [9.17, 15) is 4.91 Å².